The molecule has 0 saturated heterocycles. The molecule has 0 amide bonds. The second kappa shape index (κ2) is 7.94. The Hall–Kier alpha value is -4.14. The number of para-hydroxylation sites is 1. The second-order valence-electron chi connectivity index (χ2n) is 9.43. The van der Waals surface area contributed by atoms with Crippen LogP contribution in [0.5, 0.6) is 0 Å². The zero-order valence-corrected chi connectivity index (χ0v) is 21.2. The molecule has 2 heterocycles. The van der Waals surface area contributed by atoms with Crippen molar-refractivity contribution in [2.24, 2.45) is 0 Å². The van der Waals surface area contributed by atoms with Gasteiger partial charge in [0.2, 0.25) is 0 Å². The maximum absolute atomic E-state index is 4.12. The normalized spacial score (nSPS) is 12.2. The van der Waals surface area contributed by atoms with Crippen molar-refractivity contribution in [3.8, 4) is 5.69 Å². The van der Waals surface area contributed by atoms with Crippen molar-refractivity contribution < 1.29 is 0 Å². The van der Waals surface area contributed by atoms with E-state index in [1.165, 1.54) is 75.1 Å². The van der Waals surface area contributed by atoms with Crippen LogP contribution >= 0.6 is 11.3 Å². The number of fused-ring (bicyclic) bond motifs is 9. The van der Waals surface area contributed by atoms with Gasteiger partial charge in [0.05, 0.1) is 11.0 Å². The predicted molar refractivity (Wildman–Crippen MR) is 161 cm³/mol. The first-order valence-corrected chi connectivity index (χ1v) is 13.2. The molecule has 0 unspecified atom stereocenters. The van der Waals surface area contributed by atoms with Gasteiger partial charge < -0.3 is 4.57 Å². The lowest BCUT2D eigenvalue weighted by Gasteiger charge is -2.10. The molecular formula is C34H25NS. The van der Waals surface area contributed by atoms with E-state index in [2.05, 4.69) is 122 Å². The fourth-order valence-electron chi connectivity index (χ4n) is 5.74. The monoisotopic (exact) mass is 479 g/mol. The van der Waals surface area contributed by atoms with Gasteiger partial charge in [-0.15, -0.1) is 11.3 Å². The highest BCUT2D eigenvalue weighted by Gasteiger charge is 2.17. The zero-order chi connectivity index (χ0) is 24.4. The maximum atomic E-state index is 4.12. The summed E-state index contributed by atoms with van der Waals surface area (Å²) in [6.45, 7) is 8.33. The first-order valence-electron chi connectivity index (χ1n) is 12.4. The van der Waals surface area contributed by atoms with E-state index in [0.29, 0.717) is 0 Å². The van der Waals surface area contributed by atoms with E-state index in [1.807, 2.05) is 17.4 Å². The summed E-state index contributed by atoms with van der Waals surface area (Å²) >= 11 is 1.87. The van der Waals surface area contributed by atoms with Gasteiger partial charge in [0, 0.05) is 36.8 Å². The third-order valence-electron chi connectivity index (χ3n) is 7.35. The molecule has 0 radical (unpaired) electrons. The van der Waals surface area contributed by atoms with E-state index in [4.69, 9.17) is 0 Å². The van der Waals surface area contributed by atoms with Gasteiger partial charge >= 0.3 is 0 Å². The lowest BCUT2D eigenvalue weighted by molar-refractivity contribution is 1.18. The summed E-state index contributed by atoms with van der Waals surface area (Å²) in [7, 11) is 0. The van der Waals surface area contributed by atoms with Gasteiger partial charge in [-0.2, -0.15) is 0 Å². The number of rotatable bonds is 3. The summed E-state index contributed by atoms with van der Waals surface area (Å²) in [5.41, 5.74) is 6.17. The van der Waals surface area contributed by atoms with Crippen molar-refractivity contribution in [1.29, 1.82) is 0 Å². The van der Waals surface area contributed by atoms with Gasteiger partial charge in [0.1, 0.15) is 0 Å². The fourth-order valence-corrected chi connectivity index (χ4v) is 7.08. The summed E-state index contributed by atoms with van der Waals surface area (Å²) in [4.78, 5) is 1.27. The van der Waals surface area contributed by atoms with Crippen LogP contribution < -0.4 is 0 Å². The Balaban J connectivity index is 1.66. The van der Waals surface area contributed by atoms with Crippen LogP contribution in [-0.4, -0.2) is 4.57 Å². The molecule has 36 heavy (non-hydrogen) atoms. The van der Waals surface area contributed by atoms with Crippen LogP contribution in [0.2, 0.25) is 0 Å². The van der Waals surface area contributed by atoms with Crippen molar-refractivity contribution in [1.82, 2.24) is 4.57 Å². The number of aromatic nitrogens is 1. The number of hydrogen-bond acceptors (Lipinski definition) is 1. The van der Waals surface area contributed by atoms with Gasteiger partial charge in [0.15, 0.2) is 0 Å². The van der Waals surface area contributed by atoms with Gasteiger partial charge in [-0.05, 0) is 65.9 Å². The van der Waals surface area contributed by atoms with Crippen molar-refractivity contribution in [2.75, 3.05) is 0 Å². The largest absolute Gasteiger partial charge is 0.309 e. The van der Waals surface area contributed by atoms with Crippen LogP contribution in [0.1, 0.15) is 22.9 Å². The molecule has 172 valence electrons. The molecule has 0 saturated carbocycles. The molecule has 5 aromatic carbocycles. The molecule has 0 spiro atoms. The number of allylic oxidation sites excluding steroid dienone is 1. The lowest BCUT2D eigenvalue weighted by Crippen LogP contribution is -1.93. The van der Waals surface area contributed by atoms with Gasteiger partial charge in [0.25, 0.3) is 0 Å². The second-order valence-corrected chi connectivity index (χ2v) is 10.5. The summed E-state index contributed by atoms with van der Waals surface area (Å²) in [5, 5.41) is 9.11. The third kappa shape index (κ3) is 2.88. The number of thiophene rings is 1. The Bertz CT molecular complexity index is 2010. The Labute approximate surface area is 214 Å². The van der Waals surface area contributed by atoms with Crippen LogP contribution in [0, 0.1) is 6.92 Å². The highest BCUT2D eigenvalue weighted by Crippen LogP contribution is 2.44. The van der Waals surface area contributed by atoms with Gasteiger partial charge in [-0.3, -0.25) is 0 Å². The molecule has 0 bridgehead atoms. The number of hydrogen-bond donors (Lipinski definition) is 0. The molecule has 0 fully saturated rings. The van der Waals surface area contributed by atoms with Gasteiger partial charge in [-0.1, -0.05) is 85.0 Å². The summed E-state index contributed by atoms with van der Waals surface area (Å²) in [6.07, 6.45) is 6.31. The molecule has 2 heteroatoms. The number of nitrogens with zero attached hydrogens (tertiary/aromatic N) is 1. The molecule has 0 aliphatic rings. The highest BCUT2D eigenvalue weighted by atomic mass is 32.1. The molecule has 7 rings (SSSR count). The SMILES string of the molecule is C=Cc1c(/C=C\C)sc2c1ccc1ccc3c(ccc4c3c3ccccc3n4-c3ccc(C)cc3)c12. The first-order chi connectivity index (χ1) is 17.7. The minimum absolute atomic E-state index is 1.19. The van der Waals surface area contributed by atoms with Crippen LogP contribution in [-0.2, 0) is 0 Å². The van der Waals surface area contributed by atoms with Crippen LogP contribution in [0.25, 0.3) is 71.3 Å². The standard InChI is InChI=1S/C34H25NS/c1-4-8-31-24(5-2)27-18-14-22-13-17-26-25(32(22)34(27)36-31)19-20-30-33(26)28-9-6-7-10-29(28)35(30)23-15-11-21(3)12-16-23/h4-20H,2H2,1,3H3/b8-4-. The fraction of sp³-hybridized carbons (Fsp3) is 0.0588. The van der Waals surface area contributed by atoms with Crippen molar-refractivity contribution in [3.05, 3.63) is 114 Å². The third-order valence-corrected chi connectivity index (χ3v) is 8.55. The molecule has 1 nitrogen and oxygen atoms in total. The Morgan fingerprint density at radius 2 is 1.44 bits per heavy atom. The number of aryl methyl sites for hydroxylation is 1. The van der Waals surface area contributed by atoms with Crippen LogP contribution in [0.3, 0.4) is 0 Å². The molecule has 0 N–H and O–H groups in total. The molecular weight excluding hydrogens is 454 g/mol. The Morgan fingerprint density at radius 3 is 2.22 bits per heavy atom. The molecule has 0 atom stereocenters. The molecule has 2 aromatic heterocycles. The van der Waals surface area contributed by atoms with E-state index in [1.54, 1.807) is 0 Å². The van der Waals surface area contributed by atoms with Crippen LogP contribution in [0.15, 0.2) is 97.6 Å². The first kappa shape index (κ1) is 21.2. The summed E-state index contributed by atoms with van der Waals surface area (Å²) in [5.74, 6) is 0. The lowest BCUT2D eigenvalue weighted by atomic mass is 9.96. The van der Waals surface area contributed by atoms with Gasteiger partial charge in [-0.25, -0.2) is 0 Å². The topological polar surface area (TPSA) is 4.93 Å². The van der Waals surface area contributed by atoms with E-state index < -0.39 is 0 Å². The van der Waals surface area contributed by atoms with E-state index in [0.717, 1.165) is 0 Å². The molecule has 7 aromatic rings. The van der Waals surface area contributed by atoms with Crippen LogP contribution in [0.4, 0.5) is 0 Å². The van der Waals surface area contributed by atoms with E-state index in [-0.39, 0.29) is 0 Å². The minimum Gasteiger partial charge on any atom is -0.309 e. The number of benzene rings is 5. The molecule has 0 aliphatic carbocycles. The van der Waals surface area contributed by atoms with Crippen molar-refractivity contribution in [2.45, 2.75) is 13.8 Å². The minimum atomic E-state index is 1.19. The summed E-state index contributed by atoms with van der Waals surface area (Å²) in [6, 6.07) is 31.4. The molecule has 0 aliphatic heterocycles. The average molecular weight is 480 g/mol. The summed E-state index contributed by atoms with van der Waals surface area (Å²) < 4.78 is 3.74. The average Bonchev–Trinajstić information content (AvgIpc) is 3.44. The maximum Gasteiger partial charge on any atom is 0.0547 e. The highest BCUT2D eigenvalue weighted by molar-refractivity contribution is 7.21. The van der Waals surface area contributed by atoms with E-state index >= 15 is 0 Å². The van der Waals surface area contributed by atoms with E-state index in [9.17, 15) is 0 Å². The predicted octanol–water partition coefficient (Wildman–Crippen LogP) is 10.3. The Kier molecular flexibility index (Phi) is 4.67. The zero-order valence-electron chi connectivity index (χ0n) is 20.4. The van der Waals surface area contributed by atoms with Crippen molar-refractivity contribution >= 4 is 76.9 Å². The van der Waals surface area contributed by atoms with Crippen molar-refractivity contribution in [3.63, 3.8) is 0 Å². The smallest absolute Gasteiger partial charge is 0.0547 e. The quantitative estimate of drug-likeness (QED) is 0.222. The Morgan fingerprint density at radius 1 is 0.722 bits per heavy atom.